The number of likely N-dealkylation sites (tertiary alicyclic amines) is 1. The van der Waals surface area contributed by atoms with Gasteiger partial charge in [-0.15, -0.1) is 0 Å². The summed E-state index contributed by atoms with van der Waals surface area (Å²) >= 11 is 0. The molecule has 1 saturated heterocycles. The Kier molecular flexibility index (Phi) is 5.16. The van der Waals surface area contributed by atoms with E-state index in [0.717, 1.165) is 42.9 Å². The van der Waals surface area contributed by atoms with Gasteiger partial charge in [-0.05, 0) is 37.0 Å². The zero-order valence-electron chi connectivity index (χ0n) is 14.4. The Morgan fingerprint density at radius 3 is 2.50 bits per heavy atom. The number of urea groups is 1. The first-order valence-electron chi connectivity index (χ1n) is 8.52. The van der Waals surface area contributed by atoms with Crippen molar-refractivity contribution < 1.29 is 4.79 Å². The minimum absolute atomic E-state index is 0.112. The van der Waals surface area contributed by atoms with E-state index in [9.17, 15) is 4.79 Å². The van der Waals surface area contributed by atoms with E-state index in [1.165, 1.54) is 5.56 Å². The zero-order valence-corrected chi connectivity index (χ0v) is 14.4. The topological polar surface area (TPSA) is 44.4 Å². The predicted octanol–water partition coefficient (Wildman–Crippen LogP) is 3.70. The third kappa shape index (κ3) is 4.15. The van der Waals surface area contributed by atoms with E-state index in [-0.39, 0.29) is 12.1 Å². The maximum Gasteiger partial charge on any atom is 0.319 e. The Morgan fingerprint density at radius 2 is 1.79 bits per heavy atom. The average molecular weight is 323 g/mol. The smallest absolute Gasteiger partial charge is 0.319 e. The molecule has 4 nitrogen and oxygen atoms in total. The number of aryl methyl sites for hydroxylation is 2. The summed E-state index contributed by atoms with van der Waals surface area (Å²) in [6.07, 6.45) is 0.993. The van der Waals surface area contributed by atoms with Crippen LogP contribution in [-0.4, -0.2) is 30.1 Å². The van der Waals surface area contributed by atoms with Crippen LogP contribution in [0.1, 0.15) is 23.1 Å². The molecular weight excluding hydrogens is 298 g/mol. The number of benzene rings is 2. The summed E-state index contributed by atoms with van der Waals surface area (Å²) in [6.45, 7) is 6.88. The molecule has 1 heterocycles. The number of nitrogens with one attached hydrogen (secondary N) is 2. The fourth-order valence-electron chi connectivity index (χ4n) is 3.28. The maximum absolute atomic E-state index is 12.3. The normalized spacial score (nSPS) is 17.7. The van der Waals surface area contributed by atoms with Crippen LogP contribution in [0, 0.1) is 13.8 Å². The van der Waals surface area contributed by atoms with Gasteiger partial charge in [0.2, 0.25) is 0 Å². The van der Waals surface area contributed by atoms with Gasteiger partial charge in [0.15, 0.2) is 0 Å². The maximum atomic E-state index is 12.3. The lowest BCUT2D eigenvalue weighted by atomic mass is 10.1. The molecule has 0 radical (unpaired) electrons. The molecular formula is C20H25N3O. The number of carbonyl (C=O) groups is 1. The Balaban J connectivity index is 1.51. The van der Waals surface area contributed by atoms with Crippen molar-refractivity contribution in [3.8, 4) is 0 Å². The largest absolute Gasteiger partial charge is 0.334 e. The van der Waals surface area contributed by atoms with Crippen LogP contribution in [0.3, 0.4) is 0 Å². The van der Waals surface area contributed by atoms with Crippen molar-refractivity contribution >= 4 is 11.7 Å². The molecule has 126 valence electrons. The van der Waals surface area contributed by atoms with Crippen LogP contribution >= 0.6 is 0 Å². The van der Waals surface area contributed by atoms with Gasteiger partial charge in [0.05, 0.1) is 0 Å². The van der Waals surface area contributed by atoms with Crippen molar-refractivity contribution in [2.75, 3.05) is 18.4 Å². The highest BCUT2D eigenvalue weighted by Gasteiger charge is 2.24. The van der Waals surface area contributed by atoms with E-state index < -0.39 is 0 Å². The van der Waals surface area contributed by atoms with Crippen molar-refractivity contribution in [2.45, 2.75) is 32.9 Å². The lowest BCUT2D eigenvalue weighted by Gasteiger charge is -2.18. The number of hydrogen-bond acceptors (Lipinski definition) is 2. The standard InChI is InChI=1S/C20H25N3O/c1-15-7-6-8-16(2)19(15)22-20(24)21-18-11-12-23(14-18)13-17-9-4-3-5-10-17/h3-10,18H,11-14H2,1-2H3,(H2,21,22,24). The van der Waals surface area contributed by atoms with Gasteiger partial charge in [-0.1, -0.05) is 48.5 Å². The first-order valence-corrected chi connectivity index (χ1v) is 8.52. The van der Waals surface area contributed by atoms with E-state index in [1.54, 1.807) is 0 Å². The lowest BCUT2D eigenvalue weighted by Crippen LogP contribution is -2.39. The summed E-state index contributed by atoms with van der Waals surface area (Å²) in [5, 5.41) is 6.11. The Morgan fingerprint density at radius 1 is 1.08 bits per heavy atom. The molecule has 24 heavy (non-hydrogen) atoms. The molecule has 0 bridgehead atoms. The summed E-state index contributed by atoms with van der Waals surface area (Å²) in [5.41, 5.74) is 4.40. The van der Waals surface area contributed by atoms with Gasteiger partial charge in [0, 0.05) is 31.4 Å². The quantitative estimate of drug-likeness (QED) is 0.901. The highest BCUT2D eigenvalue weighted by molar-refractivity contribution is 5.91. The predicted molar refractivity (Wildman–Crippen MR) is 98.2 cm³/mol. The van der Waals surface area contributed by atoms with Gasteiger partial charge in [-0.3, -0.25) is 4.90 Å². The Labute approximate surface area is 143 Å². The lowest BCUT2D eigenvalue weighted by molar-refractivity contribution is 0.247. The van der Waals surface area contributed by atoms with E-state index >= 15 is 0 Å². The van der Waals surface area contributed by atoms with E-state index in [4.69, 9.17) is 0 Å². The van der Waals surface area contributed by atoms with Gasteiger partial charge in [0.25, 0.3) is 0 Å². The SMILES string of the molecule is Cc1cccc(C)c1NC(=O)NC1CCN(Cc2ccccc2)C1. The molecule has 0 spiro atoms. The highest BCUT2D eigenvalue weighted by atomic mass is 16.2. The van der Waals surface area contributed by atoms with Crippen LogP contribution in [0.2, 0.25) is 0 Å². The van der Waals surface area contributed by atoms with Gasteiger partial charge in [-0.2, -0.15) is 0 Å². The van der Waals surface area contributed by atoms with E-state index in [1.807, 2.05) is 38.1 Å². The molecule has 2 N–H and O–H groups in total. The van der Waals surface area contributed by atoms with Crippen LogP contribution < -0.4 is 10.6 Å². The molecule has 1 atom stereocenters. The van der Waals surface area contributed by atoms with Crippen LogP contribution in [0.25, 0.3) is 0 Å². The molecule has 2 aromatic carbocycles. The van der Waals surface area contributed by atoms with Crippen LogP contribution in [-0.2, 0) is 6.54 Å². The minimum atomic E-state index is -0.112. The monoisotopic (exact) mass is 323 g/mol. The number of carbonyl (C=O) groups excluding carboxylic acids is 1. The van der Waals surface area contributed by atoms with E-state index in [0.29, 0.717) is 0 Å². The fourth-order valence-corrected chi connectivity index (χ4v) is 3.28. The molecule has 0 aliphatic carbocycles. The van der Waals surface area contributed by atoms with Crippen LogP contribution in [0.15, 0.2) is 48.5 Å². The summed E-state index contributed by atoms with van der Waals surface area (Å²) < 4.78 is 0. The van der Waals surface area contributed by atoms with Gasteiger partial charge < -0.3 is 10.6 Å². The van der Waals surface area contributed by atoms with Crippen molar-refractivity contribution in [3.63, 3.8) is 0 Å². The highest BCUT2D eigenvalue weighted by Crippen LogP contribution is 2.19. The molecule has 1 fully saturated rings. The molecule has 1 aliphatic rings. The van der Waals surface area contributed by atoms with Crippen LogP contribution in [0.5, 0.6) is 0 Å². The van der Waals surface area contributed by atoms with Gasteiger partial charge in [0.1, 0.15) is 0 Å². The van der Waals surface area contributed by atoms with Crippen molar-refractivity contribution in [1.29, 1.82) is 0 Å². The molecule has 0 saturated carbocycles. The van der Waals surface area contributed by atoms with Gasteiger partial charge in [-0.25, -0.2) is 4.79 Å². The molecule has 0 aromatic heterocycles. The summed E-state index contributed by atoms with van der Waals surface area (Å²) in [4.78, 5) is 14.7. The second-order valence-electron chi connectivity index (χ2n) is 6.57. The number of amides is 2. The first kappa shape index (κ1) is 16.5. The minimum Gasteiger partial charge on any atom is -0.334 e. The summed E-state index contributed by atoms with van der Waals surface area (Å²) in [5.74, 6) is 0. The summed E-state index contributed by atoms with van der Waals surface area (Å²) in [7, 11) is 0. The van der Waals surface area contributed by atoms with Crippen molar-refractivity contribution in [2.24, 2.45) is 0 Å². The van der Waals surface area contributed by atoms with E-state index in [2.05, 4.69) is 39.8 Å². The third-order valence-electron chi connectivity index (χ3n) is 4.58. The molecule has 3 rings (SSSR count). The fraction of sp³-hybridized carbons (Fsp3) is 0.350. The van der Waals surface area contributed by atoms with Crippen molar-refractivity contribution in [3.05, 3.63) is 65.2 Å². The van der Waals surface area contributed by atoms with Gasteiger partial charge >= 0.3 is 6.03 Å². The number of para-hydroxylation sites is 1. The Hall–Kier alpha value is -2.33. The third-order valence-corrected chi connectivity index (χ3v) is 4.58. The second kappa shape index (κ2) is 7.49. The average Bonchev–Trinajstić information content (AvgIpc) is 2.99. The number of hydrogen-bond donors (Lipinski definition) is 2. The number of nitrogens with zero attached hydrogens (tertiary/aromatic N) is 1. The molecule has 2 aromatic rings. The molecule has 1 aliphatic heterocycles. The second-order valence-corrected chi connectivity index (χ2v) is 6.57. The molecule has 4 heteroatoms. The number of anilines is 1. The summed E-state index contributed by atoms with van der Waals surface area (Å²) in [6, 6.07) is 16.6. The molecule has 2 amide bonds. The molecule has 1 unspecified atom stereocenters. The number of rotatable bonds is 4. The Bertz CT molecular complexity index is 679. The van der Waals surface area contributed by atoms with Crippen LogP contribution in [0.4, 0.5) is 10.5 Å². The first-order chi connectivity index (χ1) is 11.6. The zero-order chi connectivity index (χ0) is 16.9. The van der Waals surface area contributed by atoms with Crippen molar-refractivity contribution in [1.82, 2.24) is 10.2 Å².